The summed E-state index contributed by atoms with van der Waals surface area (Å²) in [5.41, 5.74) is 4.02. The van der Waals surface area contributed by atoms with Crippen LogP contribution in [0, 0.1) is 11.8 Å². The Bertz CT molecular complexity index is 1660. The Kier molecular flexibility index (Phi) is 7.17. The van der Waals surface area contributed by atoms with E-state index in [2.05, 4.69) is 27.5 Å². The minimum atomic E-state index is -0.515. The van der Waals surface area contributed by atoms with Gasteiger partial charge >= 0.3 is 0 Å². The standard InChI is InChI=1S/C31H27N3O5/c1-18(2)39-28-12-10-20(8-7-19-9-11-24-25(13-19)30(37)34-29(24)36)14-26(28)31(38)33-22(17-35)15-21-16-32-27-6-4-3-5-23(21)27/h3-6,9-14,16,18,22,32,35H,15,17H2,1-2H3,(H,33,38)(H,34,36,37)/t22-/m1/s1. The van der Waals surface area contributed by atoms with Gasteiger partial charge in [-0.3, -0.25) is 19.7 Å². The highest BCUT2D eigenvalue weighted by atomic mass is 16.5. The van der Waals surface area contributed by atoms with E-state index < -0.39 is 17.9 Å². The van der Waals surface area contributed by atoms with Crippen molar-refractivity contribution >= 4 is 28.6 Å². The number of fused-ring (bicyclic) bond motifs is 2. The number of carbonyl (C=O) groups is 3. The van der Waals surface area contributed by atoms with Crippen LogP contribution in [0.1, 0.15) is 61.6 Å². The molecule has 0 spiro atoms. The van der Waals surface area contributed by atoms with Crippen molar-refractivity contribution in [2.75, 3.05) is 6.61 Å². The molecular weight excluding hydrogens is 494 g/mol. The minimum Gasteiger partial charge on any atom is -0.490 e. The number of hydrogen-bond donors (Lipinski definition) is 4. The molecule has 0 fully saturated rings. The van der Waals surface area contributed by atoms with Gasteiger partial charge in [-0.25, -0.2) is 0 Å². The van der Waals surface area contributed by atoms with Crippen molar-refractivity contribution < 1.29 is 24.2 Å². The summed E-state index contributed by atoms with van der Waals surface area (Å²) in [7, 11) is 0. The molecule has 196 valence electrons. The number of ether oxygens (including phenoxy) is 1. The minimum absolute atomic E-state index is 0.159. The number of amides is 3. The van der Waals surface area contributed by atoms with E-state index in [1.54, 1.807) is 36.4 Å². The average Bonchev–Trinajstić information content (AvgIpc) is 3.46. The van der Waals surface area contributed by atoms with Crippen molar-refractivity contribution in [1.29, 1.82) is 0 Å². The molecule has 1 atom stereocenters. The lowest BCUT2D eigenvalue weighted by atomic mass is 10.0. The van der Waals surface area contributed by atoms with Crippen LogP contribution in [-0.4, -0.2) is 46.6 Å². The molecule has 0 saturated heterocycles. The maximum absolute atomic E-state index is 13.4. The lowest BCUT2D eigenvalue weighted by molar-refractivity contribution is 0.0875. The molecule has 8 heteroatoms. The van der Waals surface area contributed by atoms with Crippen LogP contribution in [0.4, 0.5) is 0 Å². The predicted octanol–water partition coefficient (Wildman–Crippen LogP) is 3.57. The average molecular weight is 522 g/mol. The Balaban J connectivity index is 1.39. The van der Waals surface area contributed by atoms with Crippen LogP contribution >= 0.6 is 0 Å². The quantitative estimate of drug-likeness (QED) is 0.219. The highest BCUT2D eigenvalue weighted by Crippen LogP contribution is 2.23. The number of carbonyl (C=O) groups excluding carboxylic acids is 3. The smallest absolute Gasteiger partial charge is 0.258 e. The second-order valence-electron chi connectivity index (χ2n) is 9.59. The summed E-state index contributed by atoms with van der Waals surface area (Å²) in [4.78, 5) is 40.4. The molecule has 1 aromatic heterocycles. The summed E-state index contributed by atoms with van der Waals surface area (Å²) in [6.45, 7) is 3.51. The molecule has 4 N–H and O–H groups in total. The van der Waals surface area contributed by atoms with Gasteiger partial charge < -0.3 is 20.1 Å². The monoisotopic (exact) mass is 521 g/mol. The third-order valence-electron chi connectivity index (χ3n) is 6.37. The van der Waals surface area contributed by atoms with Gasteiger partial charge in [0.2, 0.25) is 0 Å². The molecule has 2 heterocycles. The van der Waals surface area contributed by atoms with Crippen LogP contribution in [0.3, 0.4) is 0 Å². The van der Waals surface area contributed by atoms with Crippen LogP contribution in [0.2, 0.25) is 0 Å². The van der Waals surface area contributed by atoms with E-state index in [9.17, 15) is 19.5 Å². The first-order valence-electron chi connectivity index (χ1n) is 12.6. The molecule has 5 rings (SSSR count). The van der Waals surface area contributed by atoms with Crippen molar-refractivity contribution in [2.24, 2.45) is 0 Å². The Labute approximate surface area is 225 Å². The number of aromatic amines is 1. The summed E-state index contributed by atoms with van der Waals surface area (Å²) in [5.74, 6) is 5.17. The van der Waals surface area contributed by atoms with Crippen molar-refractivity contribution in [1.82, 2.24) is 15.6 Å². The third-order valence-corrected chi connectivity index (χ3v) is 6.37. The van der Waals surface area contributed by atoms with Gasteiger partial charge in [-0.05, 0) is 68.3 Å². The molecule has 0 radical (unpaired) electrons. The summed E-state index contributed by atoms with van der Waals surface area (Å²) in [5, 5.41) is 16.3. The van der Waals surface area contributed by atoms with Gasteiger partial charge in [0.1, 0.15) is 5.75 Å². The Morgan fingerprint density at radius 3 is 2.46 bits per heavy atom. The van der Waals surface area contributed by atoms with Crippen LogP contribution < -0.4 is 15.4 Å². The molecular formula is C31H27N3O5. The van der Waals surface area contributed by atoms with E-state index in [1.165, 1.54) is 0 Å². The number of aliphatic hydroxyl groups excluding tert-OH is 1. The van der Waals surface area contributed by atoms with Gasteiger partial charge in [0.05, 0.1) is 35.4 Å². The van der Waals surface area contributed by atoms with Gasteiger partial charge in [0.15, 0.2) is 0 Å². The Morgan fingerprint density at radius 1 is 0.974 bits per heavy atom. The lowest BCUT2D eigenvalue weighted by Gasteiger charge is -2.19. The Hall–Kier alpha value is -4.87. The second kappa shape index (κ2) is 10.9. The largest absolute Gasteiger partial charge is 0.490 e. The molecule has 3 aromatic carbocycles. The van der Waals surface area contributed by atoms with E-state index in [4.69, 9.17) is 4.74 Å². The summed E-state index contributed by atoms with van der Waals surface area (Å²) in [6.07, 6.45) is 2.18. The number of H-pyrrole nitrogens is 1. The lowest BCUT2D eigenvalue weighted by Crippen LogP contribution is -2.39. The van der Waals surface area contributed by atoms with Crippen molar-refractivity contribution in [3.05, 3.63) is 100 Å². The van der Waals surface area contributed by atoms with Crippen LogP contribution in [-0.2, 0) is 6.42 Å². The highest BCUT2D eigenvalue weighted by molar-refractivity contribution is 6.21. The Morgan fingerprint density at radius 2 is 1.69 bits per heavy atom. The number of para-hydroxylation sites is 1. The third kappa shape index (κ3) is 5.54. The zero-order chi connectivity index (χ0) is 27.5. The van der Waals surface area contributed by atoms with Crippen LogP contribution in [0.15, 0.2) is 66.9 Å². The second-order valence-corrected chi connectivity index (χ2v) is 9.59. The number of nitrogens with one attached hydrogen (secondary N) is 3. The van der Waals surface area contributed by atoms with Crippen molar-refractivity contribution in [3.63, 3.8) is 0 Å². The first-order valence-corrected chi connectivity index (χ1v) is 12.6. The van der Waals surface area contributed by atoms with Crippen molar-refractivity contribution in [2.45, 2.75) is 32.4 Å². The topological polar surface area (TPSA) is 121 Å². The van der Waals surface area contributed by atoms with Gasteiger partial charge in [-0.15, -0.1) is 0 Å². The zero-order valence-corrected chi connectivity index (χ0v) is 21.5. The van der Waals surface area contributed by atoms with Gasteiger partial charge in [0, 0.05) is 28.2 Å². The summed E-state index contributed by atoms with van der Waals surface area (Å²) >= 11 is 0. The normalized spacial score (nSPS) is 13.0. The molecule has 0 unspecified atom stereocenters. The van der Waals surface area contributed by atoms with Crippen LogP contribution in [0.5, 0.6) is 5.75 Å². The number of rotatable bonds is 7. The molecule has 8 nitrogen and oxygen atoms in total. The van der Waals surface area contributed by atoms with Gasteiger partial charge in [-0.1, -0.05) is 30.0 Å². The number of imide groups is 1. The fraction of sp³-hybridized carbons (Fsp3) is 0.194. The van der Waals surface area contributed by atoms with Gasteiger partial charge in [-0.2, -0.15) is 0 Å². The molecule has 39 heavy (non-hydrogen) atoms. The fourth-order valence-electron chi connectivity index (χ4n) is 4.52. The van der Waals surface area contributed by atoms with Gasteiger partial charge in [0.25, 0.3) is 17.7 Å². The summed E-state index contributed by atoms with van der Waals surface area (Å²) in [6, 6.07) is 17.3. The SMILES string of the molecule is CC(C)Oc1ccc(C#Cc2ccc3c(c2)C(=O)NC3=O)cc1C(=O)N[C@@H](CO)Cc1c[nH]c2ccccc12. The maximum atomic E-state index is 13.4. The van der Waals surface area contributed by atoms with Crippen LogP contribution in [0.25, 0.3) is 10.9 Å². The fourth-order valence-corrected chi connectivity index (χ4v) is 4.52. The number of aromatic nitrogens is 1. The molecule has 1 aliphatic heterocycles. The number of aliphatic hydroxyl groups is 1. The predicted molar refractivity (Wildman–Crippen MR) is 147 cm³/mol. The first kappa shape index (κ1) is 25.8. The zero-order valence-electron chi connectivity index (χ0n) is 21.5. The summed E-state index contributed by atoms with van der Waals surface area (Å²) < 4.78 is 5.88. The van der Waals surface area contributed by atoms with E-state index >= 15 is 0 Å². The molecule has 0 aliphatic carbocycles. The molecule has 3 amide bonds. The van der Waals surface area contributed by atoms with E-state index in [0.29, 0.717) is 34.4 Å². The molecule has 0 bridgehead atoms. The number of benzene rings is 3. The number of hydrogen-bond acceptors (Lipinski definition) is 5. The highest BCUT2D eigenvalue weighted by Gasteiger charge is 2.26. The van der Waals surface area contributed by atoms with Crippen molar-refractivity contribution in [3.8, 4) is 17.6 Å². The molecule has 0 saturated carbocycles. The molecule has 4 aromatic rings. The first-order chi connectivity index (χ1) is 18.8. The van der Waals surface area contributed by atoms with E-state index in [0.717, 1.165) is 16.5 Å². The van der Waals surface area contributed by atoms with E-state index in [-0.39, 0.29) is 24.2 Å². The molecule has 1 aliphatic rings. The van der Waals surface area contributed by atoms with E-state index in [1.807, 2.05) is 44.3 Å². The maximum Gasteiger partial charge on any atom is 0.258 e.